The predicted molar refractivity (Wildman–Crippen MR) is 89.7 cm³/mol. The van der Waals surface area contributed by atoms with E-state index in [1.54, 1.807) is 0 Å². The maximum atomic E-state index is 12.9. The average molecular weight is 394 g/mol. The second kappa shape index (κ2) is 7.22. The molecule has 146 valence electrons. The van der Waals surface area contributed by atoms with Crippen molar-refractivity contribution in [3.8, 4) is 0 Å². The minimum Gasteiger partial charge on any atom is -0.481 e. The largest absolute Gasteiger partial charge is 0.481 e. The number of hydrazine groups is 1. The molecule has 0 atom stereocenters. The second-order valence-electron chi connectivity index (χ2n) is 5.89. The molecule has 28 heavy (non-hydrogen) atoms. The smallest absolute Gasteiger partial charge is 0.416 e. The maximum Gasteiger partial charge on any atom is 0.416 e. The minimum absolute atomic E-state index is 0.134. The maximum absolute atomic E-state index is 12.9. The number of furan rings is 1. The zero-order chi connectivity index (χ0) is 20.5. The fraction of sp³-hybridized carbons (Fsp3) is 0.167. The quantitative estimate of drug-likeness (QED) is 0.600. The molecule has 1 fully saturated rings. The Hall–Kier alpha value is -3.56. The number of anilines is 1. The average Bonchev–Trinajstić information content (AvgIpc) is 3.19. The number of carboxylic acid groups (broad SMARTS) is 1. The number of carbonyl (C=O) groups excluding carboxylic acids is 2. The first-order valence-corrected chi connectivity index (χ1v) is 8.00. The summed E-state index contributed by atoms with van der Waals surface area (Å²) >= 11 is 0. The van der Waals surface area contributed by atoms with Gasteiger partial charge in [0.1, 0.15) is 17.1 Å². The summed E-state index contributed by atoms with van der Waals surface area (Å²) in [5, 5.41) is 9.38. The summed E-state index contributed by atoms with van der Waals surface area (Å²) in [6, 6.07) is 6.95. The summed E-state index contributed by atoms with van der Waals surface area (Å²) in [7, 11) is 0. The van der Waals surface area contributed by atoms with Gasteiger partial charge in [-0.2, -0.15) is 13.2 Å². The Labute approximate surface area is 156 Å². The summed E-state index contributed by atoms with van der Waals surface area (Å²) in [4.78, 5) is 35.1. The van der Waals surface area contributed by atoms with E-state index in [1.807, 2.05) is 0 Å². The van der Waals surface area contributed by atoms with E-state index >= 15 is 0 Å². The van der Waals surface area contributed by atoms with Crippen LogP contribution in [0.1, 0.15) is 23.5 Å². The fourth-order valence-corrected chi connectivity index (χ4v) is 2.54. The summed E-state index contributed by atoms with van der Waals surface area (Å²) in [5.41, 5.74) is 0.783. The van der Waals surface area contributed by atoms with Crippen molar-refractivity contribution >= 4 is 29.5 Å². The number of aliphatic carboxylic acids is 1. The summed E-state index contributed by atoms with van der Waals surface area (Å²) in [6.45, 7) is 0. The van der Waals surface area contributed by atoms with Crippen molar-refractivity contribution < 1.29 is 37.1 Å². The van der Waals surface area contributed by atoms with Crippen molar-refractivity contribution in [3.63, 3.8) is 0 Å². The lowest BCUT2D eigenvalue weighted by molar-refractivity contribution is -0.138. The number of benzene rings is 1. The number of halogens is 3. The molecule has 0 radical (unpaired) electrons. The van der Waals surface area contributed by atoms with Crippen LogP contribution in [0, 0.1) is 0 Å². The number of aryl methyl sites for hydroxylation is 1. The highest BCUT2D eigenvalue weighted by molar-refractivity contribution is 6.31. The van der Waals surface area contributed by atoms with Crippen LogP contribution in [0.5, 0.6) is 0 Å². The molecule has 3 rings (SSSR count). The van der Waals surface area contributed by atoms with Crippen molar-refractivity contribution in [1.82, 2.24) is 5.43 Å². The third-order valence-electron chi connectivity index (χ3n) is 3.88. The number of amides is 2. The summed E-state index contributed by atoms with van der Waals surface area (Å²) < 4.78 is 43.9. The number of nitrogens with one attached hydrogen (secondary N) is 1. The third-order valence-corrected chi connectivity index (χ3v) is 3.88. The Kier molecular flexibility index (Phi) is 4.95. The fourth-order valence-electron chi connectivity index (χ4n) is 2.54. The standard InChI is InChI=1S/C18H13F3N2O5/c19-18(20,21)10-2-1-3-11(8-10)23-17(27)14(16(26)22-23)9-13-5-4-12(28-13)6-7-15(24)25/h1-5,8-9H,6-7H2,(H,22,26)(H,24,25). The second-order valence-corrected chi connectivity index (χ2v) is 5.89. The van der Waals surface area contributed by atoms with Gasteiger partial charge in [-0.3, -0.25) is 19.8 Å². The van der Waals surface area contributed by atoms with Crippen LogP contribution < -0.4 is 10.4 Å². The molecule has 0 spiro atoms. The lowest BCUT2D eigenvalue weighted by Crippen LogP contribution is -2.35. The van der Waals surface area contributed by atoms with Gasteiger partial charge in [0.25, 0.3) is 11.8 Å². The van der Waals surface area contributed by atoms with Gasteiger partial charge < -0.3 is 9.52 Å². The molecule has 0 unspecified atom stereocenters. The molecule has 0 saturated carbocycles. The van der Waals surface area contributed by atoms with Crippen LogP contribution in [0.2, 0.25) is 0 Å². The van der Waals surface area contributed by atoms with Crippen LogP contribution in [0.3, 0.4) is 0 Å². The third kappa shape index (κ3) is 4.05. The van der Waals surface area contributed by atoms with Crippen LogP contribution in [0.4, 0.5) is 18.9 Å². The molecular formula is C18H13F3N2O5. The Balaban J connectivity index is 1.82. The first-order valence-electron chi connectivity index (χ1n) is 8.00. The monoisotopic (exact) mass is 394 g/mol. The Morgan fingerprint density at radius 3 is 2.64 bits per heavy atom. The molecule has 0 bridgehead atoms. The Morgan fingerprint density at radius 1 is 1.21 bits per heavy atom. The van der Waals surface area contributed by atoms with Gasteiger partial charge >= 0.3 is 12.1 Å². The van der Waals surface area contributed by atoms with Crippen molar-refractivity contribution in [2.45, 2.75) is 19.0 Å². The molecule has 2 aromatic rings. The number of alkyl halides is 3. The van der Waals surface area contributed by atoms with Gasteiger partial charge in [0.15, 0.2) is 0 Å². The lowest BCUT2D eigenvalue weighted by Gasteiger charge is -2.16. The highest BCUT2D eigenvalue weighted by atomic mass is 19.4. The molecule has 1 aromatic carbocycles. The topological polar surface area (TPSA) is 99.8 Å². The molecule has 1 aliphatic rings. The first kappa shape index (κ1) is 19.2. The number of hydrogen-bond acceptors (Lipinski definition) is 4. The highest BCUT2D eigenvalue weighted by Gasteiger charge is 2.36. The number of carboxylic acids is 1. The highest BCUT2D eigenvalue weighted by Crippen LogP contribution is 2.32. The molecular weight excluding hydrogens is 381 g/mol. The van der Waals surface area contributed by atoms with Crippen LogP contribution in [0.25, 0.3) is 6.08 Å². The molecule has 2 heterocycles. The van der Waals surface area contributed by atoms with Gasteiger partial charge in [-0.25, -0.2) is 5.01 Å². The molecule has 2 amide bonds. The van der Waals surface area contributed by atoms with Crippen molar-refractivity contribution in [2.24, 2.45) is 0 Å². The number of nitrogens with zero attached hydrogens (tertiary/aromatic N) is 1. The lowest BCUT2D eigenvalue weighted by atomic mass is 10.1. The van der Waals surface area contributed by atoms with Gasteiger partial charge in [0.05, 0.1) is 17.7 Å². The molecule has 1 saturated heterocycles. The van der Waals surface area contributed by atoms with Crippen LogP contribution in [0.15, 0.2) is 46.4 Å². The zero-order valence-electron chi connectivity index (χ0n) is 14.1. The van der Waals surface area contributed by atoms with E-state index in [0.29, 0.717) is 5.76 Å². The van der Waals surface area contributed by atoms with E-state index in [9.17, 15) is 27.6 Å². The van der Waals surface area contributed by atoms with E-state index in [-0.39, 0.29) is 29.9 Å². The van der Waals surface area contributed by atoms with Crippen molar-refractivity contribution in [2.75, 3.05) is 5.01 Å². The normalized spacial score (nSPS) is 16.0. The van der Waals surface area contributed by atoms with Gasteiger partial charge in [-0.1, -0.05) is 6.07 Å². The van der Waals surface area contributed by atoms with E-state index in [2.05, 4.69) is 5.43 Å². The Morgan fingerprint density at radius 2 is 1.96 bits per heavy atom. The Bertz CT molecular complexity index is 978. The van der Waals surface area contributed by atoms with Gasteiger partial charge in [0.2, 0.25) is 0 Å². The molecule has 10 heteroatoms. The van der Waals surface area contributed by atoms with E-state index in [0.717, 1.165) is 29.3 Å². The van der Waals surface area contributed by atoms with E-state index < -0.39 is 29.5 Å². The van der Waals surface area contributed by atoms with Crippen molar-refractivity contribution in [3.05, 3.63) is 59.1 Å². The van der Waals surface area contributed by atoms with Crippen LogP contribution >= 0.6 is 0 Å². The predicted octanol–water partition coefficient (Wildman–Crippen LogP) is 2.78. The zero-order valence-corrected chi connectivity index (χ0v) is 14.1. The van der Waals surface area contributed by atoms with E-state index in [1.165, 1.54) is 18.2 Å². The van der Waals surface area contributed by atoms with Gasteiger partial charge in [0, 0.05) is 6.42 Å². The minimum atomic E-state index is -4.60. The molecule has 0 aliphatic carbocycles. The van der Waals surface area contributed by atoms with Crippen molar-refractivity contribution in [1.29, 1.82) is 0 Å². The van der Waals surface area contributed by atoms with Crippen LogP contribution in [-0.2, 0) is 27.0 Å². The molecule has 1 aliphatic heterocycles. The number of hydrogen-bond donors (Lipinski definition) is 2. The summed E-state index contributed by atoms with van der Waals surface area (Å²) in [5.74, 6) is -2.14. The number of carbonyl (C=O) groups is 3. The SMILES string of the molecule is O=C(O)CCc1ccc(C=C2C(=O)NN(c3cccc(C(F)(F)F)c3)C2=O)o1. The van der Waals surface area contributed by atoms with Crippen LogP contribution in [-0.4, -0.2) is 22.9 Å². The molecule has 7 nitrogen and oxygen atoms in total. The molecule has 2 N–H and O–H groups in total. The number of rotatable bonds is 5. The van der Waals surface area contributed by atoms with Gasteiger partial charge in [-0.15, -0.1) is 0 Å². The van der Waals surface area contributed by atoms with Gasteiger partial charge in [-0.05, 0) is 36.4 Å². The van der Waals surface area contributed by atoms with E-state index in [4.69, 9.17) is 9.52 Å². The summed E-state index contributed by atoms with van der Waals surface area (Å²) in [6.07, 6.45) is -3.46. The first-order chi connectivity index (χ1) is 13.1. The molecule has 1 aromatic heterocycles.